The molecule has 0 aromatic heterocycles. The molecule has 138 valence electrons. The Labute approximate surface area is 151 Å². The predicted octanol–water partition coefficient (Wildman–Crippen LogP) is 3.10. The van der Waals surface area contributed by atoms with Crippen LogP contribution in [0.4, 0.5) is 10.1 Å². The standard InChI is InChI=1S/C20H22FNO4/c1-11-12(2)18(24)14(13(3)17(11)23)9-10-20(4,26)19(25)22-16-8-6-5-7-15(16)21/h5-8,26H,9-10H2,1-4H3,(H,22,25). The number of hydrogen-bond acceptors (Lipinski definition) is 4. The molecule has 1 atom stereocenters. The first kappa shape index (κ1) is 19.7. The number of carbonyl (C=O) groups excluding carboxylic acids is 3. The first-order chi connectivity index (χ1) is 12.1. The van der Waals surface area contributed by atoms with E-state index in [0.29, 0.717) is 22.3 Å². The predicted molar refractivity (Wildman–Crippen MR) is 96.0 cm³/mol. The summed E-state index contributed by atoms with van der Waals surface area (Å²) >= 11 is 0. The lowest BCUT2D eigenvalue weighted by atomic mass is 9.82. The molecule has 1 aromatic carbocycles. The van der Waals surface area contributed by atoms with Gasteiger partial charge in [0.2, 0.25) is 0 Å². The number of Topliss-reactive ketones (excluding diaryl/α,β-unsaturated/α-hetero) is 2. The highest BCUT2D eigenvalue weighted by Gasteiger charge is 2.34. The zero-order valence-corrected chi connectivity index (χ0v) is 15.3. The Morgan fingerprint density at radius 2 is 1.65 bits per heavy atom. The highest BCUT2D eigenvalue weighted by Crippen LogP contribution is 2.29. The minimum absolute atomic E-state index is 0.0357. The van der Waals surface area contributed by atoms with Crippen molar-refractivity contribution in [1.82, 2.24) is 0 Å². The van der Waals surface area contributed by atoms with Crippen molar-refractivity contribution in [2.75, 3.05) is 5.32 Å². The Balaban J connectivity index is 2.12. The molecule has 6 heteroatoms. The Kier molecular flexibility index (Phi) is 5.56. The van der Waals surface area contributed by atoms with Crippen LogP contribution in [0.3, 0.4) is 0 Å². The summed E-state index contributed by atoms with van der Waals surface area (Å²) in [5, 5.41) is 12.8. The second-order valence-corrected chi connectivity index (χ2v) is 6.72. The molecule has 1 aliphatic carbocycles. The molecule has 0 bridgehead atoms. The number of aliphatic hydroxyl groups is 1. The molecule has 0 spiro atoms. The Morgan fingerprint density at radius 1 is 1.08 bits per heavy atom. The van der Waals surface area contributed by atoms with Gasteiger partial charge in [0.05, 0.1) is 5.69 Å². The molecule has 0 heterocycles. The maximum Gasteiger partial charge on any atom is 0.256 e. The fraction of sp³-hybridized carbons (Fsp3) is 0.350. The summed E-state index contributed by atoms with van der Waals surface area (Å²) in [7, 11) is 0. The minimum atomic E-state index is -1.83. The lowest BCUT2D eigenvalue weighted by molar-refractivity contribution is -0.133. The summed E-state index contributed by atoms with van der Waals surface area (Å²) in [6.45, 7) is 6.06. The van der Waals surface area contributed by atoms with E-state index in [1.54, 1.807) is 26.8 Å². The van der Waals surface area contributed by atoms with Gasteiger partial charge in [0.15, 0.2) is 11.6 Å². The number of amides is 1. The van der Waals surface area contributed by atoms with Crippen LogP contribution in [-0.2, 0) is 14.4 Å². The van der Waals surface area contributed by atoms with Gasteiger partial charge in [-0.2, -0.15) is 0 Å². The van der Waals surface area contributed by atoms with Gasteiger partial charge in [-0.15, -0.1) is 0 Å². The second-order valence-electron chi connectivity index (χ2n) is 6.72. The number of hydrogen-bond donors (Lipinski definition) is 2. The number of carbonyl (C=O) groups is 3. The number of benzene rings is 1. The van der Waals surface area contributed by atoms with Gasteiger partial charge in [0.25, 0.3) is 5.91 Å². The number of ketones is 2. The van der Waals surface area contributed by atoms with Crippen LogP contribution in [0.15, 0.2) is 46.6 Å². The molecular formula is C20H22FNO4. The van der Waals surface area contributed by atoms with Crippen LogP contribution in [0.1, 0.15) is 40.5 Å². The molecule has 1 aliphatic rings. The molecule has 0 saturated carbocycles. The summed E-state index contributed by atoms with van der Waals surface area (Å²) in [5.41, 5.74) is -0.429. The minimum Gasteiger partial charge on any atom is -0.380 e. The molecule has 0 saturated heterocycles. The highest BCUT2D eigenvalue weighted by molar-refractivity contribution is 6.24. The summed E-state index contributed by atoms with van der Waals surface area (Å²) in [6, 6.07) is 5.63. The molecule has 5 nitrogen and oxygen atoms in total. The van der Waals surface area contributed by atoms with Crippen molar-refractivity contribution < 1.29 is 23.9 Å². The largest absolute Gasteiger partial charge is 0.380 e. The number of rotatable bonds is 5. The average molecular weight is 359 g/mol. The van der Waals surface area contributed by atoms with Crippen LogP contribution in [0.25, 0.3) is 0 Å². The average Bonchev–Trinajstić information content (AvgIpc) is 2.60. The van der Waals surface area contributed by atoms with Gasteiger partial charge in [0.1, 0.15) is 11.4 Å². The maximum atomic E-state index is 13.6. The molecule has 2 N–H and O–H groups in total. The van der Waals surface area contributed by atoms with E-state index in [2.05, 4.69) is 5.32 Å². The van der Waals surface area contributed by atoms with Gasteiger partial charge >= 0.3 is 0 Å². The van der Waals surface area contributed by atoms with Gasteiger partial charge in [-0.05, 0) is 52.7 Å². The third-order valence-corrected chi connectivity index (χ3v) is 4.78. The van der Waals surface area contributed by atoms with E-state index in [0.717, 1.165) is 0 Å². The zero-order valence-electron chi connectivity index (χ0n) is 15.3. The van der Waals surface area contributed by atoms with E-state index in [1.165, 1.54) is 25.1 Å². The lowest BCUT2D eigenvalue weighted by Gasteiger charge is -2.25. The van der Waals surface area contributed by atoms with Crippen LogP contribution in [0.5, 0.6) is 0 Å². The zero-order chi connectivity index (χ0) is 19.6. The topological polar surface area (TPSA) is 83.5 Å². The fourth-order valence-corrected chi connectivity index (χ4v) is 2.76. The summed E-state index contributed by atoms with van der Waals surface area (Å²) in [6.07, 6.45) is -0.00990. The van der Waals surface area contributed by atoms with Crippen molar-refractivity contribution in [3.8, 4) is 0 Å². The van der Waals surface area contributed by atoms with Crippen molar-refractivity contribution >= 4 is 23.2 Å². The quantitative estimate of drug-likeness (QED) is 0.792. The number of nitrogens with one attached hydrogen (secondary N) is 1. The Morgan fingerprint density at radius 3 is 2.27 bits per heavy atom. The van der Waals surface area contributed by atoms with E-state index in [9.17, 15) is 23.9 Å². The molecule has 1 amide bonds. The Bertz CT molecular complexity index is 849. The smallest absolute Gasteiger partial charge is 0.256 e. The monoisotopic (exact) mass is 359 g/mol. The van der Waals surface area contributed by atoms with Crippen LogP contribution >= 0.6 is 0 Å². The third kappa shape index (κ3) is 3.80. The SMILES string of the molecule is CC1=C(C)C(=O)C(CCC(C)(O)C(=O)Nc2ccccc2F)=C(C)C1=O. The number of anilines is 1. The molecule has 1 unspecified atom stereocenters. The van der Waals surface area contributed by atoms with Crippen molar-refractivity contribution in [2.45, 2.75) is 46.1 Å². The summed E-state index contributed by atoms with van der Waals surface area (Å²) in [4.78, 5) is 36.9. The van der Waals surface area contributed by atoms with Crippen LogP contribution in [0, 0.1) is 5.82 Å². The third-order valence-electron chi connectivity index (χ3n) is 4.78. The molecular weight excluding hydrogens is 337 g/mol. The number of allylic oxidation sites excluding steroid dienone is 4. The fourth-order valence-electron chi connectivity index (χ4n) is 2.76. The number of halogens is 1. The van der Waals surface area contributed by atoms with E-state index < -0.39 is 17.3 Å². The first-order valence-electron chi connectivity index (χ1n) is 8.31. The van der Waals surface area contributed by atoms with E-state index in [4.69, 9.17) is 0 Å². The van der Waals surface area contributed by atoms with E-state index in [-0.39, 0.29) is 30.1 Å². The first-order valence-corrected chi connectivity index (χ1v) is 8.31. The number of para-hydroxylation sites is 1. The highest BCUT2D eigenvalue weighted by atomic mass is 19.1. The molecule has 0 radical (unpaired) electrons. The second kappa shape index (κ2) is 7.33. The van der Waals surface area contributed by atoms with Crippen molar-refractivity contribution in [3.63, 3.8) is 0 Å². The summed E-state index contributed by atoms with van der Waals surface area (Å²) in [5.74, 6) is -1.84. The van der Waals surface area contributed by atoms with Gasteiger partial charge < -0.3 is 10.4 Å². The molecule has 2 rings (SSSR count). The Hall–Kier alpha value is -2.60. The summed E-state index contributed by atoms with van der Waals surface area (Å²) < 4.78 is 13.6. The van der Waals surface area contributed by atoms with Gasteiger partial charge in [0, 0.05) is 22.3 Å². The molecule has 1 aromatic rings. The van der Waals surface area contributed by atoms with Crippen LogP contribution in [-0.4, -0.2) is 28.2 Å². The molecule has 26 heavy (non-hydrogen) atoms. The van der Waals surface area contributed by atoms with Gasteiger partial charge in [-0.1, -0.05) is 12.1 Å². The normalized spacial score (nSPS) is 17.5. The van der Waals surface area contributed by atoms with Crippen molar-refractivity contribution in [1.29, 1.82) is 0 Å². The van der Waals surface area contributed by atoms with E-state index >= 15 is 0 Å². The van der Waals surface area contributed by atoms with Crippen LogP contribution in [0.2, 0.25) is 0 Å². The van der Waals surface area contributed by atoms with Gasteiger partial charge in [-0.25, -0.2) is 4.39 Å². The van der Waals surface area contributed by atoms with Crippen molar-refractivity contribution in [3.05, 3.63) is 52.4 Å². The van der Waals surface area contributed by atoms with Crippen LogP contribution < -0.4 is 5.32 Å². The maximum absolute atomic E-state index is 13.6. The molecule has 0 fully saturated rings. The van der Waals surface area contributed by atoms with Crippen molar-refractivity contribution in [2.24, 2.45) is 0 Å². The molecule has 0 aliphatic heterocycles. The van der Waals surface area contributed by atoms with E-state index in [1.807, 2.05) is 0 Å². The van der Waals surface area contributed by atoms with Gasteiger partial charge in [-0.3, -0.25) is 14.4 Å². The lowest BCUT2D eigenvalue weighted by Crippen LogP contribution is -2.40.